The van der Waals surface area contributed by atoms with E-state index in [9.17, 15) is 14.4 Å². The maximum atomic E-state index is 12.2. The summed E-state index contributed by atoms with van der Waals surface area (Å²) in [5.74, 6) is -1.12. The number of ketones is 2. The van der Waals surface area contributed by atoms with Crippen LogP contribution in [0.15, 0.2) is 22.8 Å². The Morgan fingerprint density at radius 3 is 2.70 bits per heavy atom. The van der Waals surface area contributed by atoms with Crippen molar-refractivity contribution in [2.75, 3.05) is 6.54 Å². The van der Waals surface area contributed by atoms with Crippen LogP contribution < -0.4 is 10.6 Å². The van der Waals surface area contributed by atoms with E-state index in [4.69, 9.17) is 5.11 Å². The van der Waals surface area contributed by atoms with E-state index in [0.717, 1.165) is 0 Å². The number of carboxylic acids is 1. The van der Waals surface area contributed by atoms with Crippen LogP contribution in [-0.2, 0) is 14.4 Å². The highest BCUT2D eigenvalue weighted by molar-refractivity contribution is 6.22. The molecule has 108 valence electrons. The van der Waals surface area contributed by atoms with Crippen molar-refractivity contribution in [3.05, 3.63) is 22.8 Å². The highest BCUT2D eigenvalue weighted by Crippen LogP contribution is 2.22. The van der Waals surface area contributed by atoms with Crippen LogP contribution in [0, 0.1) is 0 Å². The number of rotatable bonds is 4. The van der Waals surface area contributed by atoms with Gasteiger partial charge in [0.15, 0.2) is 11.6 Å². The minimum absolute atomic E-state index is 0.00721. The van der Waals surface area contributed by atoms with Gasteiger partial charge >= 0.3 is 5.97 Å². The Kier molecular flexibility index (Phi) is 4.15. The third kappa shape index (κ3) is 2.86. The van der Waals surface area contributed by atoms with Crippen LogP contribution in [0.1, 0.15) is 26.7 Å². The van der Waals surface area contributed by atoms with E-state index in [0.29, 0.717) is 29.7 Å². The summed E-state index contributed by atoms with van der Waals surface area (Å²) in [4.78, 5) is 34.5. The lowest BCUT2D eigenvalue weighted by molar-refractivity contribution is -0.137. The van der Waals surface area contributed by atoms with Crippen molar-refractivity contribution in [3.63, 3.8) is 0 Å². The molecule has 0 aromatic heterocycles. The first-order valence-corrected chi connectivity index (χ1v) is 6.59. The van der Waals surface area contributed by atoms with E-state index < -0.39 is 5.97 Å². The molecule has 2 atom stereocenters. The molecule has 1 aliphatic carbocycles. The lowest BCUT2D eigenvalue weighted by Crippen LogP contribution is -2.40. The first-order valence-electron chi connectivity index (χ1n) is 6.59. The second kappa shape index (κ2) is 5.68. The SMILES string of the molecule is CC1=C(C)C(=O)C(C2NCC(CCC(=O)O)N2)=CC1=O. The summed E-state index contributed by atoms with van der Waals surface area (Å²) in [6.07, 6.45) is 1.56. The molecule has 0 amide bonds. The smallest absolute Gasteiger partial charge is 0.303 e. The molecule has 20 heavy (non-hydrogen) atoms. The molecule has 2 unspecified atom stereocenters. The molecule has 2 aliphatic rings. The number of nitrogens with one attached hydrogen (secondary N) is 2. The van der Waals surface area contributed by atoms with Crippen LogP contribution in [0.2, 0.25) is 0 Å². The van der Waals surface area contributed by atoms with Crippen molar-refractivity contribution in [2.24, 2.45) is 0 Å². The zero-order chi connectivity index (χ0) is 14.9. The number of carbonyl (C=O) groups is 3. The van der Waals surface area contributed by atoms with Crippen molar-refractivity contribution in [2.45, 2.75) is 38.9 Å². The average Bonchev–Trinajstić information content (AvgIpc) is 2.87. The van der Waals surface area contributed by atoms with Gasteiger partial charge in [-0.2, -0.15) is 0 Å². The Morgan fingerprint density at radius 2 is 2.05 bits per heavy atom. The van der Waals surface area contributed by atoms with Gasteiger partial charge in [-0.3, -0.25) is 25.0 Å². The summed E-state index contributed by atoms with van der Waals surface area (Å²) in [5, 5.41) is 14.9. The Labute approximate surface area is 116 Å². The van der Waals surface area contributed by atoms with Crippen LogP contribution >= 0.6 is 0 Å². The van der Waals surface area contributed by atoms with Gasteiger partial charge in [-0.25, -0.2) is 0 Å². The number of allylic oxidation sites excluding steroid dienone is 3. The van der Waals surface area contributed by atoms with Gasteiger partial charge < -0.3 is 5.11 Å². The summed E-state index contributed by atoms with van der Waals surface area (Å²) in [6.45, 7) is 3.88. The van der Waals surface area contributed by atoms with Gasteiger partial charge in [0.05, 0.1) is 6.17 Å². The van der Waals surface area contributed by atoms with Crippen molar-refractivity contribution in [1.82, 2.24) is 10.6 Å². The second-order valence-corrected chi connectivity index (χ2v) is 5.18. The predicted molar refractivity (Wildman–Crippen MR) is 72.1 cm³/mol. The summed E-state index contributed by atoms with van der Waals surface area (Å²) in [7, 11) is 0. The molecule has 1 fully saturated rings. The standard InChI is InChI=1S/C14H18N2O4/c1-7-8(2)13(20)10(5-11(7)17)14-15-6-9(16-14)3-4-12(18)19/h5,9,14-16H,3-4,6H2,1-2H3,(H,18,19). The van der Waals surface area contributed by atoms with E-state index in [2.05, 4.69) is 10.6 Å². The number of hydrogen-bond donors (Lipinski definition) is 3. The molecule has 0 bridgehead atoms. The Hall–Kier alpha value is -1.79. The van der Waals surface area contributed by atoms with E-state index in [-0.39, 0.29) is 30.2 Å². The molecular weight excluding hydrogens is 260 g/mol. The highest BCUT2D eigenvalue weighted by Gasteiger charge is 2.33. The third-order valence-corrected chi connectivity index (χ3v) is 3.81. The van der Waals surface area contributed by atoms with Gasteiger partial charge in [-0.1, -0.05) is 0 Å². The molecule has 0 spiro atoms. The zero-order valence-corrected chi connectivity index (χ0v) is 11.5. The molecule has 6 nitrogen and oxygen atoms in total. The lowest BCUT2D eigenvalue weighted by Gasteiger charge is -2.20. The van der Waals surface area contributed by atoms with Crippen molar-refractivity contribution < 1.29 is 19.5 Å². The number of Topliss-reactive ketones (excluding diaryl/α,β-unsaturated/α-hetero) is 1. The van der Waals surface area contributed by atoms with Gasteiger partial charge in [0.2, 0.25) is 0 Å². The Balaban J connectivity index is 2.04. The predicted octanol–water partition coefficient (Wildman–Crippen LogP) is 0.153. The monoisotopic (exact) mass is 278 g/mol. The molecular formula is C14H18N2O4. The lowest BCUT2D eigenvalue weighted by atomic mass is 9.90. The molecule has 3 N–H and O–H groups in total. The maximum absolute atomic E-state index is 12.2. The minimum Gasteiger partial charge on any atom is -0.481 e. The van der Waals surface area contributed by atoms with Gasteiger partial charge in [0.25, 0.3) is 0 Å². The molecule has 0 aromatic carbocycles. The van der Waals surface area contributed by atoms with E-state index >= 15 is 0 Å². The van der Waals surface area contributed by atoms with Gasteiger partial charge in [-0.15, -0.1) is 0 Å². The van der Waals surface area contributed by atoms with E-state index in [1.54, 1.807) is 13.8 Å². The van der Waals surface area contributed by atoms with Gasteiger partial charge in [0.1, 0.15) is 0 Å². The van der Waals surface area contributed by atoms with Crippen molar-refractivity contribution in [1.29, 1.82) is 0 Å². The van der Waals surface area contributed by atoms with E-state index in [1.165, 1.54) is 6.08 Å². The first-order chi connectivity index (χ1) is 9.40. The quantitative estimate of drug-likeness (QED) is 0.634. The number of carbonyl (C=O) groups excluding carboxylic acids is 2. The average molecular weight is 278 g/mol. The Bertz CT molecular complexity index is 533. The summed E-state index contributed by atoms with van der Waals surface area (Å²) < 4.78 is 0. The fourth-order valence-electron chi connectivity index (χ4n) is 2.40. The summed E-state index contributed by atoms with van der Waals surface area (Å²) in [6, 6.07) is -0.00721. The Morgan fingerprint density at radius 1 is 1.35 bits per heavy atom. The molecule has 6 heteroatoms. The van der Waals surface area contributed by atoms with Crippen molar-refractivity contribution in [3.8, 4) is 0 Å². The van der Waals surface area contributed by atoms with E-state index in [1.807, 2.05) is 0 Å². The van der Waals surface area contributed by atoms with Gasteiger partial charge in [0, 0.05) is 35.7 Å². The topological polar surface area (TPSA) is 95.5 Å². The molecule has 1 heterocycles. The van der Waals surface area contributed by atoms with Crippen LogP contribution in [-0.4, -0.2) is 41.4 Å². The van der Waals surface area contributed by atoms with Crippen LogP contribution in [0.4, 0.5) is 0 Å². The fraction of sp³-hybridized carbons (Fsp3) is 0.500. The maximum Gasteiger partial charge on any atom is 0.303 e. The first kappa shape index (κ1) is 14.6. The minimum atomic E-state index is -0.840. The summed E-state index contributed by atoms with van der Waals surface area (Å²) >= 11 is 0. The molecule has 0 aromatic rings. The van der Waals surface area contributed by atoms with Crippen LogP contribution in [0.5, 0.6) is 0 Å². The molecule has 0 radical (unpaired) electrons. The number of carboxylic acid groups (broad SMARTS) is 1. The molecule has 0 saturated carbocycles. The molecule has 1 saturated heterocycles. The van der Waals surface area contributed by atoms with Crippen molar-refractivity contribution >= 4 is 17.5 Å². The fourth-order valence-corrected chi connectivity index (χ4v) is 2.40. The molecule has 1 aliphatic heterocycles. The zero-order valence-electron chi connectivity index (χ0n) is 11.5. The molecule has 2 rings (SSSR count). The van der Waals surface area contributed by atoms with Crippen LogP contribution in [0.3, 0.4) is 0 Å². The summed E-state index contributed by atoms with van der Waals surface area (Å²) in [5.41, 5.74) is 1.38. The number of aliphatic carboxylic acids is 1. The largest absolute Gasteiger partial charge is 0.481 e. The highest BCUT2D eigenvalue weighted by atomic mass is 16.4. The normalized spacial score (nSPS) is 27.0. The second-order valence-electron chi connectivity index (χ2n) is 5.18. The third-order valence-electron chi connectivity index (χ3n) is 3.81. The van der Waals surface area contributed by atoms with Crippen LogP contribution in [0.25, 0.3) is 0 Å². The number of hydrogen-bond acceptors (Lipinski definition) is 5. The van der Waals surface area contributed by atoms with Gasteiger partial charge in [-0.05, 0) is 26.3 Å².